The summed E-state index contributed by atoms with van der Waals surface area (Å²) in [6.45, 7) is 3.24. The normalized spacial score (nSPS) is 14.9. The highest BCUT2D eigenvalue weighted by molar-refractivity contribution is 7.47. The first kappa shape index (κ1) is 56.4. The maximum atomic E-state index is 12.6. The van der Waals surface area contributed by atoms with Crippen LogP contribution in [0.4, 0.5) is 0 Å². The Morgan fingerprint density at radius 1 is 0.600 bits per heavy atom. The van der Waals surface area contributed by atoms with Crippen LogP contribution in [0, 0.1) is 0 Å². The van der Waals surface area contributed by atoms with E-state index in [-0.39, 0.29) is 39.0 Å². The van der Waals surface area contributed by atoms with E-state index in [1.54, 1.807) is 12.2 Å². The monoisotopic (exact) mass is 856 g/mol. The van der Waals surface area contributed by atoms with E-state index in [0.717, 1.165) is 70.6 Å². The van der Waals surface area contributed by atoms with Gasteiger partial charge in [-0.25, -0.2) is 4.57 Å². The highest BCUT2D eigenvalue weighted by Gasteiger charge is 2.26. The van der Waals surface area contributed by atoms with Crippen LogP contribution >= 0.6 is 7.82 Å². The van der Waals surface area contributed by atoms with Crippen LogP contribution in [0.1, 0.15) is 136 Å². The molecular weight excluding hydrogens is 778 g/mol. The number of phosphoric acid groups is 1. The standard InChI is InChI=1S/C49H78NO9P/c1-3-5-7-9-11-13-15-17-19-21-22-23-25-27-29-31-33-35-37-39-48(52)56-44-47(45-58-60(54,55)57-43-42-50)59-49(53)41-40-46(51)38-36-34-32-30-28-26-24-20-18-16-14-12-10-8-6-4-2/h6,8,11-14,17-20,22-23,26-29,32,34,36,38,46-47,51H,3-5,7,9-10,15-16,21,24-25,30-31,33,35,37,39-45,50H2,1-2H3,(H,54,55)/b8-6-,13-11-,14-12-,19-17-,20-18-,23-22-,28-26-,29-27-,34-32-,38-36-/t46?,47-/m1/s1. The number of allylic oxidation sites excluding steroid dienone is 19. The van der Waals surface area contributed by atoms with E-state index in [4.69, 9.17) is 24.3 Å². The molecule has 0 aliphatic heterocycles. The topological polar surface area (TPSA) is 155 Å². The third kappa shape index (κ3) is 42.5. The molecule has 0 spiro atoms. The van der Waals surface area contributed by atoms with Crippen LogP contribution in [0.5, 0.6) is 0 Å². The van der Waals surface area contributed by atoms with Crippen LogP contribution in [0.25, 0.3) is 0 Å². The lowest BCUT2D eigenvalue weighted by Gasteiger charge is -2.20. The summed E-state index contributed by atoms with van der Waals surface area (Å²) in [6.07, 6.45) is 55.6. The van der Waals surface area contributed by atoms with Crippen LogP contribution in [-0.2, 0) is 32.7 Å². The zero-order chi connectivity index (χ0) is 44.0. The molecular formula is C49H78NO9P. The number of carbonyl (C=O) groups is 2. The largest absolute Gasteiger partial charge is 0.472 e. The maximum absolute atomic E-state index is 12.6. The Morgan fingerprint density at radius 2 is 1.12 bits per heavy atom. The second-order valence-electron chi connectivity index (χ2n) is 14.0. The number of ether oxygens (including phenoxy) is 2. The third-order valence-electron chi connectivity index (χ3n) is 8.45. The molecule has 10 nitrogen and oxygen atoms in total. The van der Waals surface area contributed by atoms with Gasteiger partial charge in [0, 0.05) is 19.4 Å². The summed E-state index contributed by atoms with van der Waals surface area (Å²) < 4.78 is 32.6. The van der Waals surface area contributed by atoms with Crippen molar-refractivity contribution in [2.24, 2.45) is 5.73 Å². The minimum Gasteiger partial charge on any atom is -0.462 e. The fourth-order valence-corrected chi connectivity index (χ4v) is 5.90. The Balaban J connectivity index is 4.47. The van der Waals surface area contributed by atoms with Crippen molar-refractivity contribution in [2.75, 3.05) is 26.4 Å². The molecule has 0 rings (SSSR count). The number of aliphatic hydroxyl groups is 1. The molecule has 0 bridgehead atoms. The van der Waals surface area contributed by atoms with Gasteiger partial charge in [-0.3, -0.25) is 18.6 Å². The predicted molar refractivity (Wildman–Crippen MR) is 248 cm³/mol. The minimum atomic E-state index is -4.46. The average Bonchev–Trinajstić information content (AvgIpc) is 3.23. The number of esters is 2. The summed E-state index contributed by atoms with van der Waals surface area (Å²) in [5.74, 6) is -1.16. The van der Waals surface area contributed by atoms with Crippen LogP contribution < -0.4 is 5.73 Å². The molecule has 0 heterocycles. The molecule has 0 aliphatic carbocycles. The van der Waals surface area contributed by atoms with Gasteiger partial charge in [0.1, 0.15) is 6.61 Å². The van der Waals surface area contributed by atoms with Gasteiger partial charge in [0.25, 0.3) is 0 Å². The fourth-order valence-electron chi connectivity index (χ4n) is 5.14. The van der Waals surface area contributed by atoms with Gasteiger partial charge in [0.05, 0.1) is 19.3 Å². The number of rotatable bonds is 39. The van der Waals surface area contributed by atoms with Gasteiger partial charge in [0.2, 0.25) is 0 Å². The quantitative estimate of drug-likeness (QED) is 0.0179. The van der Waals surface area contributed by atoms with E-state index in [0.29, 0.717) is 6.42 Å². The number of carbonyl (C=O) groups excluding carboxylic acids is 2. The summed E-state index contributed by atoms with van der Waals surface area (Å²) in [7, 11) is -4.46. The van der Waals surface area contributed by atoms with Gasteiger partial charge in [-0.15, -0.1) is 0 Å². The molecule has 3 atom stereocenters. The Labute approximate surface area is 363 Å². The first-order valence-electron chi connectivity index (χ1n) is 22.1. The van der Waals surface area contributed by atoms with Crippen LogP contribution in [-0.4, -0.2) is 60.5 Å². The van der Waals surface area contributed by atoms with Gasteiger partial charge in [-0.05, 0) is 89.9 Å². The highest BCUT2D eigenvalue weighted by Crippen LogP contribution is 2.43. The molecule has 0 saturated carbocycles. The van der Waals surface area contributed by atoms with Crippen LogP contribution in [0.15, 0.2) is 122 Å². The Morgan fingerprint density at radius 3 is 1.65 bits per heavy atom. The third-order valence-corrected chi connectivity index (χ3v) is 9.43. The summed E-state index contributed by atoms with van der Waals surface area (Å²) >= 11 is 0. The number of unbranched alkanes of at least 4 members (excludes halogenated alkanes) is 6. The number of phosphoric ester groups is 1. The van der Waals surface area contributed by atoms with Gasteiger partial charge < -0.3 is 25.2 Å². The van der Waals surface area contributed by atoms with Gasteiger partial charge in [0.15, 0.2) is 6.10 Å². The molecule has 0 amide bonds. The zero-order valence-corrected chi connectivity index (χ0v) is 37.6. The summed E-state index contributed by atoms with van der Waals surface area (Å²) in [4.78, 5) is 34.9. The van der Waals surface area contributed by atoms with E-state index < -0.39 is 38.6 Å². The van der Waals surface area contributed by atoms with E-state index in [1.165, 1.54) is 25.7 Å². The molecule has 338 valence electrons. The average molecular weight is 856 g/mol. The highest BCUT2D eigenvalue weighted by atomic mass is 31.2. The van der Waals surface area contributed by atoms with Gasteiger partial charge in [-0.1, -0.05) is 155 Å². The maximum Gasteiger partial charge on any atom is 0.472 e. The Hall–Kier alpha value is -3.63. The van der Waals surface area contributed by atoms with E-state index >= 15 is 0 Å². The van der Waals surface area contributed by atoms with Crippen molar-refractivity contribution in [1.82, 2.24) is 0 Å². The first-order valence-corrected chi connectivity index (χ1v) is 23.6. The Bertz CT molecular complexity index is 1410. The number of hydrogen-bond acceptors (Lipinski definition) is 9. The van der Waals surface area contributed by atoms with Crippen molar-refractivity contribution in [3.63, 3.8) is 0 Å². The number of hydrogen-bond donors (Lipinski definition) is 3. The number of aliphatic hydroxyl groups excluding tert-OH is 1. The second kappa shape index (κ2) is 43.5. The molecule has 0 aromatic heterocycles. The molecule has 0 saturated heterocycles. The lowest BCUT2D eigenvalue weighted by molar-refractivity contribution is -0.161. The molecule has 11 heteroatoms. The van der Waals surface area contributed by atoms with Crippen molar-refractivity contribution in [1.29, 1.82) is 0 Å². The molecule has 2 unspecified atom stereocenters. The van der Waals surface area contributed by atoms with Gasteiger partial charge in [-0.2, -0.15) is 0 Å². The molecule has 4 N–H and O–H groups in total. The first-order chi connectivity index (χ1) is 29.2. The second-order valence-corrected chi connectivity index (χ2v) is 15.5. The summed E-state index contributed by atoms with van der Waals surface area (Å²) in [6, 6.07) is 0. The van der Waals surface area contributed by atoms with E-state index in [2.05, 4.69) is 111 Å². The molecule has 0 aromatic rings. The van der Waals surface area contributed by atoms with Crippen molar-refractivity contribution in [3.05, 3.63) is 122 Å². The van der Waals surface area contributed by atoms with E-state index in [1.807, 2.05) is 12.2 Å². The van der Waals surface area contributed by atoms with Crippen molar-refractivity contribution < 1.29 is 42.7 Å². The lowest BCUT2D eigenvalue weighted by Crippen LogP contribution is -2.30. The zero-order valence-electron chi connectivity index (χ0n) is 36.7. The molecule has 0 radical (unpaired) electrons. The molecule has 60 heavy (non-hydrogen) atoms. The molecule has 0 fully saturated rings. The minimum absolute atomic E-state index is 0.00531. The summed E-state index contributed by atoms with van der Waals surface area (Å²) in [5.41, 5.74) is 5.33. The molecule has 0 aromatic carbocycles. The van der Waals surface area contributed by atoms with Crippen LogP contribution in [0.2, 0.25) is 0 Å². The van der Waals surface area contributed by atoms with Crippen LogP contribution in [0.3, 0.4) is 0 Å². The SMILES string of the molecule is CC/C=C\C/C=C\C/C=C\C/C=C\C/C=C\C=C/C(O)CCC(=O)O[C@H](COC(=O)CCCCC/C=C\C/C=C\C/C=C\C/C=C\CCCCC)COP(=O)(O)OCCN. The van der Waals surface area contributed by atoms with Crippen molar-refractivity contribution >= 4 is 19.8 Å². The van der Waals surface area contributed by atoms with Crippen molar-refractivity contribution in [2.45, 2.75) is 148 Å². The summed E-state index contributed by atoms with van der Waals surface area (Å²) in [5, 5.41) is 10.3. The Kier molecular flexibility index (Phi) is 40.8. The smallest absolute Gasteiger partial charge is 0.462 e. The van der Waals surface area contributed by atoms with E-state index in [9.17, 15) is 24.2 Å². The lowest BCUT2D eigenvalue weighted by atomic mass is 10.1. The number of nitrogens with two attached hydrogens (primary N) is 1. The fraction of sp³-hybridized carbons (Fsp3) is 0.551. The predicted octanol–water partition coefficient (Wildman–Crippen LogP) is 11.9. The van der Waals surface area contributed by atoms with Gasteiger partial charge >= 0.3 is 19.8 Å². The molecule has 0 aliphatic rings. The van der Waals surface area contributed by atoms with Crippen molar-refractivity contribution in [3.8, 4) is 0 Å².